The average Bonchev–Trinajstić information content (AvgIpc) is 3.63. The quantitative estimate of drug-likeness (QED) is 0.337. The van der Waals surface area contributed by atoms with Crippen molar-refractivity contribution in [2.45, 2.75) is 63.8 Å². The van der Waals surface area contributed by atoms with E-state index in [0.717, 1.165) is 36.9 Å². The normalized spacial score (nSPS) is 18.2. The molecule has 2 aromatic carbocycles. The van der Waals surface area contributed by atoms with Gasteiger partial charge in [-0.2, -0.15) is 4.98 Å². The molecule has 2 aliphatic rings. The highest BCUT2D eigenvalue weighted by Gasteiger charge is 2.32. The molecule has 3 heterocycles. The van der Waals surface area contributed by atoms with Gasteiger partial charge in [0.25, 0.3) is 11.8 Å². The minimum Gasteiger partial charge on any atom is -0.493 e. The highest BCUT2D eigenvalue weighted by atomic mass is 16.5. The number of aliphatic hydroxyl groups is 1. The van der Waals surface area contributed by atoms with Crippen LogP contribution in [0, 0.1) is 6.92 Å². The van der Waals surface area contributed by atoms with Crippen LogP contribution in [0.25, 0.3) is 0 Å². The van der Waals surface area contributed by atoms with Gasteiger partial charge < -0.3 is 30.3 Å². The molecular formula is C28H33N5O5. The molecule has 0 spiro atoms. The number of carbonyl (C=O) groups excluding carboxylic acids is 2. The molecule has 3 aromatic rings. The van der Waals surface area contributed by atoms with Crippen LogP contribution in [0.2, 0.25) is 0 Å². The molecule has 1 saturated heterocycles. The number of aromatic nitrogens is 2. The number of amides is 2. The average molecular weight is 520 g/mol. The van der Waals surface area contributed by atoms with Crippen molar-refractivity contribution in [3.05, 3.63) is 76.4 Å². The van der Waals surface area contributed by atoms with E-state index in [-0.39, 0.29) is 24.4 Å². The largest absolute Gasteiger partial charge is 0.493 e. The molecule has 3 atom stereocenters. The number of nitrogens with one attached hydrogen (secondary N) is 3. The van der Waals surface area contributed by atoms with Crippen LogP contribution in [0.4, 0.5) is 0 Å². The summed E-state index contributed by atoms with van der Waals surface area (Å²) in [6.45, 7) is 3.14. The minimum atomic E-state index is -0.767. The molecule has 5 rings (SSSR count). The molecule has 200 valence electrons. The topological polar surface area (TPSA) is 139 Å². The predicted octanol–water partition coefficient (Wildman–Crippen LogP) is 2.09. The van der Waals surface area contributed by atoms with Crippen molar-refractivity contribution in [3.63, 3.8) is 0 Å². The number of hydrogen-bond acceptors (Lipinski definition) is 8. The van der Waals surface area contributed by atoms with Gasteiger partial charge in [0, 0.05) is 29.7 Å². The first kappa shape index (κ1) is 25.9. The molecular weight excluding hydrogens is 486 g/mol. The molecule has 0 saturated carbocycles. The first-order valence-corrected chi connectivity index (χ1v) is 13.1. The Balaban J connectivity index is 1.38. The van der Waals surface area contributed by atoms with E-state index in [0.29, 0.717) is 48.0 Å². The maximum absolute atomic E-state index is 13.5. The Bertz CT molecular complexity index is 1270. The lowest BCUT2D eigenvalue weighted by Crippen LogP contribution is -2.52. The Morgan fingerprint density at radius 3 is 2.76 bits per heavy atom. The molecule has 2 aliphatic heterocycles. The van der Waals surface area contributed by atoms with Crippen molar-refractivity contribution in [3.8, 4) is 5.75 Å². The Morgan fingerprint density at radius 1 is 1.18 bits per heavy atom. The van der Waals surface area contributed by atoms with Crippen molar-refractivity contribution in [2.75, 3.05) is 13.2 Å². The summed E-state index contributed by atoms with van der Waals surface area (Å²) >= 11 is 0. The molecule has 2 amide bonds. The molecule has 1 aromatic heterocycles. The Morgan fingerprint density at radius 2 is 2.03 bits per heavy atom. The molecule has 10 heteroatoms. The van der Waals surface area contributed by atoms with E-state index in [1.807, 2.05) is 30.3 Å². The van der Waals surface area contributed by atoms with Gasteiger partial charge in [-0.1, -0.05) is 35.5 Å². The van der Waals surface area contributed by atoms with Gasteiger partial charge in [0.2, 0.25) is 5.89 Å². The van der Waals surface area contributed by atoms with Crippen molar-refractivity contribution in [2.24, 2.45) is 0 Å². The second-order valence-corrected chi connectivity index (χ2v) is 9.83. The number of aryl methyl sites for hydroxylation is 1. The predicted molar refractivity (Wildman–Crippen MR) is 139 cm³/mol. The summed E-state index contributed by atoms with van der Waals surface area (Å²) in [5.74, 6) is 0.594. The second-order valence-electron chi connectivity index (χ2n) is 9.83. The number of carbonyl (C=O) groups is 2. The lowest BCUT2D eigenvalue weighted by Gasteiger charge is -2.29. The summed E-state index contributed by atoms with van der Waals surface area (Å²) in [5.41, 5.74) is 2.46. The molecule has 1 fully saturated rings. The van der Waals surface area contributed by atoms with Crippen LogP contribution in [0.1, 0.15) is 62.8 Å². The number of fused-ring (bicyclic) bond motifs is 1. The van der Waals surface area contributed by atoms with E-state index in [9.17, 15) is 14.7 Å². The Hall–Kier alpha value is -3.76. The molecule has 38 heavy (non-hydrogen) atoms. The van der Waals surface area contributed by atoms with Crippen molar-refractivity contribution in [1.29, 1.82) is 0 Å². The van der Waals surface area contributed by atoms with Crippen LogP contribution >= 0.6 is 0 Å². The zero-order valence-corrected chi connectivity index (χ0v) is 21.4. The maximum Gasteiger partial charge on any atom is 0.252 e. The van der Waals surface area contributed by atoms with Gasteiger partial charge in [0.1, 0.15) is 5.75 Å². The summed E-state index contributed by atoms with van der Waals surface area (Å²) in [7, 11) is 0. The Labute approximate surface area is 221 Å². The third-order valence-corrected chi connectivity index (χ3v) is 7.06. The van der Waals surface area contributed by atoms with Crippen LogP contribution in [0.3, 0.4) is 0 Å². The summed E-state index contributed by atoms with van der Waals surface area (Å²) in [6, 6.07) is 12.4. The van der Waals surface area contributed by atoms with E-state index in [2.05, 4.69) is 26.1 Å². The molecule has 0 bridgehead atoms. The molecule has 0 radical (unpaired) electrons. The third kappa shape index (κ3) is 6.03. The summed E-state index contributed by atoms with van der Waals surface area (Å²) in [5, 5.41) is 24.2. The van der Waals surface area contributed by atoms with Crippen LogP contribution in [0.15, 0.2) is 47.0 Å². The highest BCUT2D eigenvalue weighted by molar-refractivity contribution is 6.01. The number of aliphatic hydroxyl groups excluding tert-OH is 1. The first-order valence-electron chi connectivity index (χ1n) is 13.1. The van der Waals surface area contributed by atoms with E-state index in [4.69, 9.17) is 9.26 Å². The van der Waals surface area contributed by atoms with Crippen LogP contribution in [-0.4, -0.2) is 58.4 Å². The van der Waals surface area contributed by atoms with Crippen LogP contribution in [-0.2, 0) is 19.4 Å². The fourth-order valence-corrected chi connectivity index (χ4v) is 5.12. The number of nitrogens with zero attached hydrogens (tertiary/aromatic N) is 2. The van der Waals surface area contributed by atoms with Gasteiger partial charge in [0.15, 0.2) is 5.82 Å². The lowest BCUT2D eigenvalue weighted by atomic mass is 9.94. The van der Waals surface area contributed by atoms with Gasteiger partial charge in [-0.15, -0.1) is 0 Å². The van der Waals surface area contributed by atoms with Crippen molar-refractivity contribution in [1.82, 2.24) is 26.1 Å². The van der Waals surface area contributed by atoms with E-state index in [1.54, 1.807) is 19.1 Å². The van der Waals surface area contributed by atoms with E-state index < -0.39 is 12.1 Å². The maximum atomic E-state index is 13.5. The van der Waals surface area contributed by atoms with E-state index >= 15 is 0 Å². The number of benzene rings is 2. The molecule has 0 aliphatic carbocycles. The zero-order valence-electron chi connectivity index (χ0n) is 21.4. The van der Waals surface area contributed by atoms with Gasteiger partial charge in [0.05, 0.1) is 25.3 Å². The van der Waals surface area contributed by atoms with E-state index in [1.165, 1.54) is 0 Å². The fraction of sp³-hybridized carbons (Fsp3) is 0.429. The summed E-state index contributed by atoms with van der Waals surface area (Å²) < 4.78 is 10.8. The molecule has 0 unspecified atom stereocenters. The van der Waals surface area contributed by atoms with Gasteiger partial charge in [-0.3, -0.25) is 9.59 Å². The van der Waals surface area contributed by atoms with Crippen LogP contribution in [0.5, 0.6) is 5.75 Å². The fourth-order valence-electron chi connectivity index (χ4n) is 5.12. The SMILES string of the molecule is Cc1nc(CNC(=O)c2cc(C(=O)N[C@@H](Cc3ccccc3)[C@H](O)[C@H]3CCCN3)cc3c2CCCO3)no1. The van der Waals surface area contributed by atoms with Crippen molar-refractivity contribution >= 4 is 11.8 Å². The number of ether oxygens (including phenoxy) is 1. The second kappa shape index (κ2) is 11.7. The first-order chi connectivity index (χ1) is 18.5. The summed E-state index contributed by atoms with van der Waals surface area (Å²) in [6.07, 6.45) is 2.99. The smallest absolute Gasteiger partial charge is 0.252 e. The standard InChI is InChI=1S/C28H33N5O5/c1-17-31-25(33-38-17)16-30-28(36)21-14-19(15-24-20(21)9-6-12-37-24)27(35)32-23(13-18-7-3-2-4-8-18)26(34)22-10-5-11-29-22/h2-4,7-8,14-15,22-23,26,29,34H,5-6,9-13,16H2,1H3,(H,30,36)(H,32,35)/t22-,23+,26-/m1/s1. The van der Waals surface area contributed by atoms with Gasteiger partial charge >= 0.3 is 0 Å². The number of hydrogen-bond donors (Lipinski definition) is 4. The molecule has 4 N–H and O–H groups in total. The molecule has 10 nitrogen and oxygen atoms in total. The van der Waals surface area contributed by atoms with Crippen molar-refractivity contribution < 1.29 is 24.0 Å². The lowest BCUT2D eigenvalue weighted by molar-refractivity contribution is 0.0737. The summed E-state index contributed by atoms with van der Waals surface area (Å²) in [4.78, 5) is 30.8. The zero-order chi connectivity index (χ0) is 26.5. The number of rotatable bonds is 9. The minimum absolute atomic E-state index is 0.0917. The monoisotopic (exact) mass is 519 g/mol. The van der Waals surface area contributed by atoms with Crippen LogP contribution < -0.4 is 20.7 Å². The highest BCUT2D eigenvalue weighted by Crippen LogP contribution is 2.30. The Kier molecular flexibility index (Phi) is 8.00. The van der Waals surface area contributed by atoms with Gasteiger partial charge in [-0.05, 0) is 56.3 Å². The van der Waals surface area contributed by atoms with Gasteiger partial charge in [-0.25, -0.2) is 0 Å². The third-order valence-electron chi connectivity index (χ3n) is 7.06.